The Bertz CT molecular complexity index is 1120. The first-order chi connectivity index (χ1) is 13.5. The highest BCUT2D eigenvalue weighted by Gasteiger charge is 2.26. The van der Waals surface area contributed by atoms with Crippen molar-refractivity contribution in [3.8, 4) is 17.7 Å². The molecular formula is C21H18N2O5. The average molecular weight is 378 g/mol. The van der Waals surface area contributed by atoms with Crippen LogP contribution >= 0.6 is 0 Å². The molecule has 0 aliphatic heterocycles. The standard InChI is InChI=1S/C21H18N2O5/c1-3-27-17-9-5-4-8-15(17)19(24)18-13(2)16(11-22)20(25)23(21(18)26)12-14-7-6-10-28-14/h4-10,26H,3,12H2,1-2H3. The lowest BCUT2D eigenvalue weighted by molar-refractivity contribution is 0.103. The molecule has 0 unspecified atom stereocenters. The predicted octanol–water partition coefficient (Wildman–Crippen LogP) is 3.01. The van der Waals surface area contributed by atoms with E-state index in [4.69, 9.17) is 9.15 Å². The van der Waals surface area contributed by atoms with Gasteiger partial charge in [0.15, 0.2) is 0 Å². The molecule has 0 spiro atoms. The molecule has 0 aliphatic carbocycles. The second-order valence-corrected chi connectivity index (χ2v) is 6.04. The second kappa shape index (κ2) is 7.84. The summed E-state index contributed by atoms with van der Waals surface area (Å²) in [6, 6.07) is 11.7. The van der Waals surface area contributed by atoms with Gasteiger partial charge in [-0.25, -0.2) is 0 Å². The Morgan fingerprint density at radius 3 is 2.68 bits per heavy atom. The second-order valence-electron chi connectivity index (χ2n) is 6.04. The first kappa shape index (κ1) is 19.0. The predicted molar refractivity (Wildman–Crippen MR) is 101 cm³/mol. The number of aromatic nitrogens is 1. The third-order valence-electron chi connectivity index (χ3n) is 4.35. The summed E-state index contributed by atoms with van der Waals surface area (Å²) in [6.07, 6.45) is 1.43. The Kier molecular flexibility index (Phi) is 5.32. The van der Waals surface area contributed by atoms with Gasteiger partial charge in [0.1, 0.15) is 23.1 Å². The van der Waals surface area contributed by atoms with E-state index in [-0.39, 0.29) is 28.8 Å². The highest BCUT2D eigenvalue weighted by Crippen LogP contribution is 2.29. The van der Waals surface area contributed by atoms with Crippen molar-refractivity contribution in [3.63, 3.8) is 0 Å². The van der Waals surface area contributed by atoms with Crippen LogP contribution in [0.1, 0.15) is 39.7 Å². The number of aromatic hydroxyl groups is 1. The molecule has 0 bridgehead atoms. The zero-order chi connectivity index (χ0) is 20.3. The fourth-order valence-corrected chi connectivity index (χ4v) is 3.00. The monoisotopic (exact) mass is 378 g/mol. The van der Waals surface area contributed by atoms with Crippen LogP contribution in [0.4, 0.5) is 0 Å². The lowest BCUT2D eigenvalue weighted by atomic mass is 9.96. The molecule has 3 rings (SSSR count). The summed E-state index contributed by atoms with van der Waals surface area (Å²) in [6.45, 7) is 3.51. The molecule has 0 radical (unpaired) electrons. The molecule has 0 fully saturated rings. The number of carbonyl (C=O) groups excluding carboxylic acids is 1. The molecule has 0 aliphatic rings. The fourth-order valence-electron chi connectivity index (χ4n) is 3.00. The van der Waals surface area contributed by atoms with Crippen LogP contribution in [0.2, 0.25) is 0 Å². The molecule has 3 aromatic rings. The fraction of sp³-hybridized carbons (Fsp3) is 0.190. The van der Waals surface area contributed by atoms with Crippen LogP contribution in [0.15, 0.2) is 51.9 Å². The number of rotatable bonds is 6. The Morgan fingerprint density at radius 2 is 2.04 bits per heavy atom. The van der Waals surface area contributed by atoms with Gasteiger partial charge in [0, 0.05) is 0 Å². The van der Waals surface area contributed by atoms with Gasteiger partial charge >= 0.3 is 0 Å². The number of carbonyl (C=O) groups is 1. The van der Waals surface area contributed by atoms with Crippen LogP contribution in [0.25, 0.3) is 0 Å². The van der Waals surface area contributed by atoms with Crippen LogP contribution < -0.4 is 10.3 Å². The number of nitriles is 1. The van der Waals surface area contributed by atoms with E-state index in [9.17, 15) is 20.0 Å². The van der Waals surface area contributed by atoms with Crippen LogP contribution in [0.3, 0.4) is 0 Å². The SMILES string of the molecule is CCOc1ccccc1C(=O)c1c(C)c(C#N)c(=O)n(Cc2ccco2)c1O. The van der Waals surface area contributed by atoms with E-state index < -0.39 is 17.2 Å². The number of hydrogen-bond acceptors (Lipinski definition) is 6. The van der Waals surface area contributed by atoms with Crippen LogP contribution in [-0.2, 0) is 6.54 Å². The average Bonchev–Trinajstić information content (AvgIpc) is 3.19. The van der Waals surface area contributed by atoms with E-state index in [2.05, 4.69) is 0 Å². The lowest BCUT2D eigenvalue weighted by Gasteiger charge is -2.16. The molecular weight excluding hydrogens is 360 g/mol. The van der Waals surface area contributed by atoms with Gasteiger partial charge in [-0.05, 0) is 43.7 Å². The van der Waals surface area contributed by atoms with Gasteiger partial charge in [-0.3, -0.25) is 14.2 Å². The minimum atomic E-state index is -0.691. The minimum absolute atomic E-state index is 0.111. The molecule has 0 amide bonds. The molecule has 7 nitrogen and oxygen atoms in total. The number of benzene rings is 1. The normalized spacial score (nSPS) is 10.5. The first-order valence-electron chi connectivity index (χ1n) is 8.64. The van der Waals surface area contributed by atoms with Crippen LogP contribution in [0, 0.1) is 18.3 Å². The summed E-state index contributed by atoms with van der Waals surface area (Å²) in [5, 5.41) is 20.2. The van der Waals surface area contributed by atoms with Crippen molar-refractivity contribution in [2.45, 2.75) is 20.4 Å². The van der Waals surface area contributed by atoms with E-state index in [0.29, 0.717) is 18.1 Å². The summed E-state index contributed by atoms with van der Waals surface area (Å²) in [4.78, 5) is 25.9. The largest absolute Gasteiger partial charge is 0.494 e. The Balaban J connectivity index is 2.22. The van der Waals surface area contributed by atoms with Crippen molar-refractivity contribution in [2.24, 2.45) is 0 Å². The minimum Gasteiger partial charge on any atom is -0.494 e. The van der Waals surface area contributed by atoms with Gasteiger partial charge < -0.3 is 14.3 Å². The van der Waals surface area contributed by atoms with Crippen LogP contribution in [-0.4, -0.2) is 22.1 Å². The molecule has 7 heteroatoms. The van der Waals surface area contributed by atoms with Gasteiger partial charge in [0.25, 0.3) is 5.56 Å². The quantitative estimate of drug-likeness (QED) is 0.661. The zero-order valence-corrected chi connectivity index (χ0v) is 15.4. The van der Waals surface area contributed by atoms with Crippen molar-refractivity contribution in [1.82, 2.24) is 4.57 Å². The number of ketones is 1. The number of furan rings is 1. The highest BCUT2D eigenvalue weighted by atomic mass is 16.5. The zero-order valence-electron chi connectivity index (χ0n) is 15.4. The number of nitrogens with zero attached hydrogens (tertiary/aromatic N) is 2. The molecule has 142 valence electrons. The van der Waals surface area contributed by atoms with E-state index >= 15 is 0 Å². The van der Waals surface area contributed by atoms with Crippen LogP contribution in [0.5, 0.6) is 11.6 Å². The summed E-state index contributed by atoms with van der Waals surface area (Å²) in [7, 11) is 0. The highest BCUT2D eigenvalue weighted by molar-refractivity contribution is 6.13. The number of hydrogen-bond donors (Lipinski definition) is 1. The molecule has 28 heavy (non-hydrogen) atoms. The third kappa shape index (κ3) is 3.28. The van der Waals surface area contributed by atoms with Gasteiger partial charge in [0.05, 0.1) is 30.5 Å². The van der Waals surface area contributed by atoms with Crippen molar-refractivity contribution >= 4 is 5.78 Å². The van der Waals surface area contributed by atoms with Gasteiger partial charge in [0.2, 0.25) is 11.7 Å². The summed E-state index contributed by atoms with van der Waals surface area (Å²) < 4.78 is 11.7. The number of ether oxygens (including phenoxy) is 1. The lowest BCUT2D eigenvalue weighted by Crippen LogP contribution is -2.27. The maximum absolute atomic E-state index is 13.2. The molecule has 2 heterocycles. The van der Waals surface area contributed by atoms with Crippen molar-refractivity contribution in [1.29, 1.82) is 5.26 Å². The Labute approximate surface area is 161 Å². The summed E-state index contributed by atoms with van der Waals surface area (Å²) in [5.41, 5.74) is -0.660. The first-order valence-corrected chi connectivity index (χ1v) is 8.64. The molecule has 1 aromatic carbocycles. The molecule has 2 aromatic heterocycles. The van der Waals surface area contributed by atoms with Gasteiger partial charge in [-0.1, -0.05) is 12.1 Å². The van der Waals surface area contributed by atoms with E-state index in [0.717, 1.165) is 4.57 Å². The topological polar surface area (TPSA) is 105 Å². The number of pyridine rings is 1. The van der Waals surface area contributed by atoms with Crippen molar-refractivity contribution in [2.75, 3.05) is 6.61 Å². The molecule has 0 saturated heterocycles. The molecule has 0 saturated carbocycles. The molecule has 0 atom stereocenters. The Hall–Kier alpha value is -3.79. The van der Waals surface area contributed by atoms with Crippen molar-refractivity contribution < 1.29 is 19.1 Å². The smallest absolute Gasteiger partial charge is 0.271 e. The maximum Gasteiger partial charge on any atom is 0.271 e. The van der Waals surface area contributed by atoms with E-state index in [1.165, 1.54) is 13.2 Å². The maximum atomic E-state index is 13.2. The summed E-state index contributed by atoms with van der Waals surface area (Å²) in [5.74, 6) is -0.299. The van der Waals surface area contributed by atoms with E-state index in [1.807, 2.05) is 6.07 Å². The van der Waals surface area contributed by atoms with E-state index in [1.54, 1.807) is 43.3 Å². The van der Waals surface area contributed by atoms with Gasteiger partial charge in [-0.2, -0.15) is 5.26 Å². The van der Waals surface area contributed by atoms with Gasteiger partial charge in [-0.15, -0.1) is 0 Å². The number of para-hydroxylation sites is 1. The molecule has 1 N–H and O–H groups in total. The van der Waals surface area contributed by atoms with Crippen molar-refractivity contribution in [3.05, 3.63) is 81.0 Å². The Morgan fingerprint density at radius 1 is 1.29 bits per heavy atom. The third-order valence-corrected chi connectivity index (χ3v) is 4.35. The summed E-state index contributed by atoms with van der Waals surface area (Å²) >= 11 is 0.